The van der Waals surface area contributed by atoms with E-state index in [1.807, 2.05) is 0 Å². The van der Waals surface area contributed by atoms with E-state index >= 15 is 0 Å². The van der Waals surface area contributed by atoms with E-state index < -0.39 is 0 Å². The van der Waals surface area contributed by atoms with E-state index in [-0.39, 0.29) is 5.97 Å². The third-order valence-electron chi connectivity index (χ3n) is 4.00. The van der Waals surface area contributed by atoms with Gasteiger partial charge in [-0.05, 0) is 25.9 Å². The lowest BCUT2D eigenvalue weighted by Crippen LogP contribution is -2.49. The van der Waals surface area contributed by atoms with Gasteiger partial charge in [0, 0.05) is 45.2 Å². The number of nitrogens with zero attached hydrogens (tertiary/aromatic N) is 2. The van der Waals surface area contributed by atoms with Crippen LogP contribution in [-0.4, -0.2) is 74.7 Å². The molecule has 0 saturated carbocycles. The summed E-state index contributed by atoms with van der Waals surface area (Å²) in [6.07, 6.45) is 2.74. The largest absolute Gasteiger partial charge is 0.469 e. The number of carbonyl (C=O) groups is 1. The summed E-state index contributed by atoms with van der Waals surface area (Å²) in [5.41, 5.74) is 0. The first-order valence-electron chi connectivity index (χ1n) is 7.03. The fraction of sp³-hybridized carbons (Fsp3) is 0.923. The monoisotopic (exact) mass is 255 g/mol. The van der Waals surface area contributed by atoms with E-state index in [0.717, 1.165) is 32.1 Å². The molecular weight excluding hydrogens is 230 g/mol. The van der Waals surface area contributed by atoms with Crippen LogP contribution in [0.2, 0.25) is 0 Å². The van der Waals surface area contributed by atoms with Crippen molar-refractivity contribution < 1.29 is 9.53 Å². The number of likely N-dealkylation sites (tertiary alicyclic amines) is 1. The van der Waals surface area contributed by atoms with Gasteiger partial charge in [-0.2, -0.15) is 0 Å². The molecule has 0 aromatic rings. The average molecular weight is 255 g/mol. The summed E-state index contributed by atoms with van der Waals surface area (Å²) in [5, 5.41) is 3.40. The van der Waals surface area contributed by atoms with Crippen LogP contribution in [0.1, 0.15) is 19.3 Å². The van der Waals surface area contributed by atoms with Gasteiger partial charge in [-0.15, -0.1) is 0 Å². The lowest BCUT2D eigenvalue weighted by molar-refractivity contribution is -0.140. The minimum absolute atomic E-state index is 0.0900. The molecule has 2 aliphatic heterocycles. The summed E-state index contributed by atoms with van der Waals surface area (Å²) in [5.74, 6) is -0.0900. The Kier molecular flexibility index (Phi) is 5.41. The minimum Gasteiger partial charge on any atom is -0.469 e. The highest BCUT2D eigenvalue weighted by Gasteiger charge is 2.27. The predicted molar refractivity (Wildman–Crippen MR) is 70.5 cm³/mol. The molecule has 0 radical (unpaired) electrons. The molecule has 1 unspecified atom stereocenters. The molecule has 1 N–H and O–H groups in total. The van der Waals surface area contributed by atoms with Gasteiger partial charge in [0.1, 0.15) is 0 Å². The maximum Gasteiger partial charge on any atom is 0.305 e. The van der Waals surface area contributed by atoms with Crippen molar-refractivity contribution in [2.24, 2.45) is 0 Å². The van der Waals surface area contributed by atoms with Gasteiger partial charge in [0.2, 0.25) is 0 Å². The highest BCUT2D eigenvalue weighted by molar-refractivity contribution is 5.69. The van der Waals surface area contributed by atoms with Gasteiger partial charge in [-0.1, -0.05) is 0 Å². The van der Waals surface area contributed by atoms with Crippen LogP contribution in [0.15, 0.2) is 0 Å². The smallest absolute Gasteiger partial charge is 0.305 e. The van der Waals surface area contributed by atoms with Crippen LogP contribution >= 0.6 is 0 Å². The molecule has 2 rings (SSSR count). The molecule has 5 heteroatoms. The molecule has 104 valence electrons. The van der Waals surface area contributed by atoms with Gasteiger partial charge >= 0.3 is 5.97 Å². The summed E-state index contributed by atoms with van der Waals surface area (Å²) in [4.78, 5) is 16.1. The zero-order valence-electron chi connectivity index (χ0n) is 11.4. The number of carbonyl (C=O) groups excluding carboxylic acids is 1. The van der Waals surface area contributed by atoms with Crippen molar-refractivity contribution in [3.05, 3.63) is 0 Å². The van der Waals surface area contributed by atoms with Gasteiger partial charge in [0.15, 0.2) is 0 Å². The average Bonchev–Trinajstić information content (AvgIpc) is 2.88. The molecule has 2 fully saturated rings. The van der Waals surface area contributed by atoms with Crippen LogP contribution in [0.5, 0.6) is 0 Å². The van der Waals surface area contributed by atoms with Crippen molar-refractivity contribution in [2.45, 2.75) is 25.3 Å². The second kappa shape index (κ2) is 7.07. The quantitative estimate of drug-likeness (QED) is 0.696. The Morgan fingerprint density at radius 2 is 2.11 bits per heavy atom. The molecule has 0 bridgehead atoms. The van der Waals surface area contributed by atoms with Gasteiger partial charge in [-0.3, -0.25) is 9.69 Å². The zero-order valence-corrected chi connectivity index (χ0v) is 11.4. The molecule has 0 amide bonds. The zero-order chi connectivity index (χ0) is 12.8. The van der Waals surface area contributed by atoms with Gasteiger partial charge in [0.05, 0.1) is 7.11 Å². The first-order chi connectivity index (χ1) is 8.79. The second-order valence-corrected chi connectivity index (χ2v) is 5.21. The van der Waals surface area contributed by atoms with Crippen molar-refractivity contribution in [3.8, 4) is 0 Å². The fourth-order valence-electron chi connectivity index (χ4n) is 2.91. The lowest BCUT2D eigenvalue weighted by atomic mass is 10.2. The third kappa shape index (κ3) is 3.93. The molecule has 0 aliphatic carbocycles. The summed E-state index contributed by atoms with van der Waals surface area (Å²) in [6, 6.07) is 0.727. The Balaban J connectivity index is 1.63. The molecular formula is C13H25N3O2. The molecule has 2 saturated heterocycles. The van der Waals surface area contributed by atoms with E-state index in [1.165, 1.54) is 39.7 Å². The van der Waals surface area contributed by atoms with Crippen LogP contribution in [0.4, 0.5) is 0 Å². The molecule has 5 nitrogen and oxygen atoms in total. The highest BCUT2D eigenvalue weighted by atomic mass is 16.5. The van der Waals surface area contributed by atoms with Crippen LogP contribution in [0.25, 0.3) is 0 Å². The van der Waals surface area contributed by atoms with Gasteiger partial charge in [0.25, 0.3) is 0 Å². The number of methoxy groups -OCH3 is 1. The number of piperazine rings is 1. The first kappa shape index (κ1) is 13.8. The molecule has 1 atom stereocenters. The normalized spacial score (nSPS) is 26.4. The van der Waals surface area contributed by atoms with E-state index in [2.05, 4.69) is 19.9 Å². The SMILES string of the molecule is COC(=O)CCCN1CCC(N2CCNCC2)C1. The van der Waals surface area contributed by atoms with Crippen molar-refractivity contribution in [3.63, 3.8) is 0 Å². The van der Waals surface area contributed by atoms with Crippen LogP contribution in [0, 0.1) is 0 Å². The van der Waals surface area contributed by atoms with E-state index in [0.29, 0.717) is 6.42 Å². The summed E-state index contributed by atoms with van der Waals surface area (Å²) >= 11 is 0. The molecule has 0 spiro atoms. The Morgan fingerprint density at radius 3 is 2.83 bits per heavy atom. The maximum absolute atomic E-state index is 11.0. The molecule has 0 aromatic heterocycles. The minimum atomic E-state index is -0.0900. The van der Waals surface area contributed by atoms with E-state index in [9.17, 15) is 4.79 Å². The van der Waals surface area contributed by atoms with Crippen LogP contribution in [0.3, 0.4) is 0 Å². The highest BCUT2D eigenvalue weighted by Crippen LogP contribution is 2.16. The molecule has 2 aliphatic rings. The summed E-state index contributed by atoms with van der Waals surface area (Å²) < 4.78 is 4.66. The lowest BCUT2D eigenvalue weighted by Gasteiger charge is -2.32. The number of nitrogens with one attached hydrogen (secondary N) is 1. The molecule has 2 heterocycles. The molecule has 0 aromatic carbocycles. The van der Waals surface area contributed by atoms with Crippen molar-refractivity contribution in [2.75, 3.05) is 52.9 Å². The van der Waals surface area contributed by atoms with Crippen molar-refractivity contribution in [1.82, 2.24) is 15.1 Å². The number of hydrogen-bond acceptors (Lipinski definition) is 5. The maximum atomic E-state index is 11.0. The number of esters is 1. The second-order valence-electron chi connectivity index (χ2n) is 5.21. The van der Waals surface area contributed by atoms with Crippen molar-refractivity contribution in [1.29, 1.82) is 0 Å². The number of rotatable bonds is 5. The topological polar surface area (TPSA) is 44.8 Å². The van der Waals surface area contributed by atoms with Crippen molar-refractivity contribution >= 4 is 5.97 Å². The fourth-order valence-corrected chi connectivity index (χ4v) is 2.91. The van der Waals surface area contributed by atoms with Crippen LogP contribution < -0.4 is 5.32 Å². The Bertz CT molecular complexity index is 267. The van der Waals surface area contributed by atoms with Gasteiger partial charge < -0.3 is 15.0 Å². The first-order valence-corrected chi connectivity index (χ1v) is 7.03. The van der Waals surface area contributed by atoms with E-state index in [1.54, 1.807) is 0 Å². The summed E-state index contributed by atoms with van der Waals surface area (Å²) in [6.45, 7) is 7.98. The standard InChI is InChI=1S/C13H25N3O2/c1-18-13(17)3-2-7-15-8-4-12(11-15)16-9-5-14-6-10-16/h12,14H,2-11H2,1H3. The number of hydrogen-bond donors (Lipinski definition) is 1. The van der Waals surface area contributed by atoms with E-state index in [4.69, 9.17) is 0 Å². The Hall–Kier alpha value is -0.650. The third-order valence-corrected chi connectivity index (χ3v) is 4.00. The van der Waals surface area contributed by atoms with Crippen LogP contribution in [-0.2, 0) is 9.53 Å². The number of ether oxygens (including phenoxy) is 1. The summed E-state index contributed by atoms with van der Waals surface area (Å²) in [7, 11) is 1.46. The predicted octanol–water partition coefficient (Wildman–Crippen LogP) is -0.0809. The Morgan fingerprint density at radius 1 is 1.33 bits per heavy atom. The molecule has 18 heavy (non-hydrogen) atoms. The Labute approximate surface area is 109 Å². The van der Waals surface area contributed by atoms with Gasteiger partial charge in [-0.25, -0.2) is 0 Å².